The van der Waals surface area contributed by atoms with Gasteiger partial charge >= 0.3 is 0 Å². The van der Waals surface area contributed by atoms with Gasteiger partial charge in [0.15, 0.2) is 0 Å². The van der Waals surface area contributed by atoms with Gasteiger partial charge in [-0.25, -0.2) is 4.98 Å². The van der Waals surface area contributed by atoms with Crippen LogP contribution in [0.3, 0.4) is 0 Å². The van der Waals surface area contributed by atoms with E-state index in [0.717, 1.165) is 21.7 Å². The highest BCUT2D eigenvalue weighted by Crippen LogP contribution is 2.27. The van der Waals surface area contributed by atoms with E-state index in [0.29, 0.717) is 6.54 Å². The first-order valence-corrected chi connectivity index (χ1v) is 9.61. The van der Waals surface area contributed by atoms with Crippen molar-refractivity contribution in [1.82, 2.24) is 15.2 Å². The average Bonchev–Trinajstić information content (AvgIpc) is 3.26. The molecule has 0 aliphatic carbocycles. The summed E-state index contributed by atoms with van der Waals surface area (Å²) in [6, 6.07) is 7.28. The summed E-state index contributed by atoms with van der Waals surface area (Å²) in [5, 5.41) is 12.7. The zero-order chi connectivity index (χ0) is 19.4. The van der Waals surface area contributed by atoms with Crippen LogP contribution in [0.5, 0.6) is 0 Å². The van der Waals surface area contributed by atoms with Gasteiger partial charge in [-0.1, -0.05) is 24.3 Å². The molecule has 0 bridgehead atoms. The second-order valence-corrected chi connectivity index (χ2v) is 7.42. The first-order valence-electron chi connectivity index (χ1n) is 8.73. The predicted octanol–water partition coefficient (Wildman–Crippen LogP) is 1.34. The summed E-state index contributed by atoms with van der Waals surface area (Å²) in [6.45, 7) is 2.39. The Bertz CT molecular complexity index is 806. The predicted molar refractivity (Wildman–Crippen MR) is 102 cm³/mol. The van der Waals surface area contributed by atoms with E-state index in [4.69, 9.17) is 4.74 Å². The molecule has 1 aliphatic rings. The van der Waals surface area contributed by atoms with Crippen molar-refractivity contribution < 1.29 is 19.4 Å². The molecule has 0 unspecified atom stereocenters. The minimum Gasteiger partial charge on any atom is -0.391 e. The number of carbonyl (C=O) groups excluding carboxylic acids is 2. The van der Waals surface area contributed by atoms with E-state index in [9.17, 15) is 14.7 Å². The Morgan fingerprint density at radius 2 is 2.11 bits per heavy atom. The second-order valence-electron chi connectivity index (χ2n) is 6.57. The van der Waals surface area contributed by atoms with Crippen molar-refractivity contribution in [3.8, 4) is 10.4 Å². The van der Waals surface area contributed by atoms with Crippen molar-refractivity contribution in [2.24, 2.45) is 0 Å². The van der Waals surface area contributed by atoms with Crippen molar-refractivity contribution >= 4 is 23.2 Å². The number of aliphatic hydroxyl groups is 1. The third-order valence-corrected chi connectivity index (χ3v) is 5.58. The van der Waals surface area contributed by atoms with Crippen LogP contribution in [0.1, 0.15) is 17.7 Å². The van der Waals surface area contributed by atoms with E-state index in [1.807, 2.05) is 36.7 Å². The minimum atomic E-state index is -0.691. The number of amides is 2. The van der Waals surface area contributed by atoms with Crippen LogP contribution >= 0.6 is 11.3 Å². The number of benzene rings is 1. The summed E-state index contributed by atoms with van der Waals surface area (Å²) >= 11 is 1.60. The number of hydrogen-bond donors (Lipinski definition) is 2. The van der Waals surface area contributed by atoms with Gasteiger partial charge in [-0.2, -0.15) is 0 Å². The topological polar surface area (TPSA) is 91.8 Å². The van der Waals surface area contributed by atoms with Crippen LogP contribution in [-0.4, -0.2) is 59.2 Å². The third kappa shape index (κ3) is 4.52. The summed E-state index contributed by atoms with van der Waals surface area (Å²) in [5.41, 5.74) is 4.88. The summed E-state index contributed by atoms with van der Waals surface area (Å²) in [4.78, 5) is 31.4. The Hall–Kier alpha value is -2.29. The summed E-state index contributed by atoms with van der Waals surface area (Å²) in [6.07, 6.45) is -0.450. The molecule has 27 heavy (non-hydrogen) atoms. The van der Waals surface area contributed by atoms with Crippen LogP contribution in [0.15, 0.2) is 29.8 Å². The number of hydrogen-bond acceptors (Lipinski definition) is 6. The number of carbonyl (C=O) groups is 2. The molecule has 2 heterocycles. The second kappa shape index (κ2) is 8.60. The summed E-state index contributed by atoms with van der Waals surface area (Å²) in [7, 11) is 1.43. The minimum absolute atomic E-state index is 0.102. The maximum absolute atomic E-state index is 12.5. The molecule has 1 aromatic heterocycles. The number of aryl methyl sites for hydroxylation is 1. The van der Waals surface area contributed by atoms with E-state index in [1.165, 1.54) is 12.0 Å². The number of aromatic nitrogens is 1. The van der Waals surface area contributed by atoms with Crippen LogP contribution < -0.4 is 5.32 Å². The number of aliphatic hydroxyl groups excluding tert-OH is 1. The van der Waals surface area contributed by atoms with E-state index in [2.05, 4.69) is 10.3 Å². The number of β-amino-alcohol motifs (C(OH)–C–C–N with tert-alkyl or cyclic N) is 1. The van der Waals surface area contributed by atoms with E-state index >= 15 is 0 Å². The largest absolute Gasteiger partial charge is 0.391 e. The van der Waals surface area contributed by atoms with Gasteiger partial charge in [0, 0.05) is 26.6 Å². The Morgan fingerprint density at radius 1 is 1.37 bits per heavy atom. The van der Waals surface area contributed by atoms with Crippen molar-refractivity contribution in [2.75, 3.05) is 20.3 Å². The van der Waals surface area contributed by atoms with Crippen molar-refractivity contribution in [2.45, 2.75) is 32.0 Å². The molecule has 1 aromatic carbocycles. The van der Waals surface area contributed by atoms with Crippen LogP contribution in [0.2, 0.25) is 0 Å². The number of nitrogens with zero attached hydrogens (tertiary/aromatic N) is 2. The van der Waals surface area contributed by atoms with E-state index in [1.54, 1.807) is 11.3 Å². The van der Waals surface area contributed by atoms with Gasteiger partial charge in [-0.3, -0.25) is 9.59 Å². The lowest BCUT2D eigenvalue weighted by Gasteiger charge is -2.23. The molecule has 7 nitrogen and oxygen atoms in total. The number of methoxy groups -OCH3 is 1. The third-order valence-electron chi connectivity index (χ3n) is 4.60. The van der Waals surface area contributed by atoms with Gasteiger partial charge in [0.2, 0.25) is 11.8 Å². The Balaban J connectivity index is 1.60. The van der Waals surface area contributed by atoms with Crippen molar-refractivity contribution in [3.05, 3.63) is 41.0 Å². The molecular formula is C19H23N3O4S. The smallest absolute Gasteiger partial charge is 0.249 e. The normalized spacial score (nSPS) is 19.3. The Labute approximate surface area is 162 Å². The van der Waals surface area contributed by atoms with Crippen LogP contribution in [0.4, 0.5) is 0 Å². The van der Waals surface area contributed by atoms with Crippen molar-refractivity contribution in [1.29, 1.82) is 0 Å². The van der Waals surface area contributed by atoms with Crippen LogP contribution in [0, 0.1) is 6.92 Å². The van der Waals surface area contributed by atoms with Gasteiger partial charge in [0.05, 0.1) is 22.2 Å². The molecule has 2 N–H and O–H groups in total. The van der Waals surface area contributed by atoms with Crippen molar-refractivity contribution in [3.63, 3.8) is 0 Å². The lowest BCUT2D eigenvalue weighted by Crippen LogP contribution is -2.46. The number of nitrogens with one attached hydrogen (secondary N) is 1. The fourth-order valence-electron chi connectivity index (χ4n) is 3.20. The standard InChI is InChI=1S/C19H23N3O4S/c1-12-18(27-11-21-12)14-5-3-13(4-6-14)8-20-19(25)16-7-15(23)9-22(16)17(24)10-26-2/h3-6,11,15-16,23H,7-10H2,1-2H3,(H,20,25)/t15-,16+/m1/s1. The number of likely N-dealkylation sites (tertiary alicyclic amines) is 1. The SMILES string of the molecule is COCC(=O)N1C[C@H](O)C[C@H]1C(=O)NCc1ccc(-c2scnc2C)cc1. The molecule has 8 heteroatoms. The molecule has 1 fully saturated rings. The molecule has 1 saturated heterocycles. The molecule has 0 spiro atoms. The molecule has 144 valence electrons. The highest BCUT2D eigenvalue weighted by Gasteiger charge is 2.38. The van der Waals surface area contributed by atoms with E-state index < -0.39 is 12.1 Å². The quantitative estimate of drug-likeness (QED) is 0.778. The van der Waals surface area contributed by atoms with Crippen LogP contribution in [-0.2, 0) is 20.9 Å². The van der Waals surface area contributed by atoms with Gasteiger partial charge in [0.1, 0.15) is 12.6 Å². The molecule has 1 aliphatic heterocycles. The lowest BCUT2D eigenvalue weighted by molar-refractivity contribution is -0.141. The lowest BCUT2D eigenvalue weighted by atomic mass is 10.1. The summed E-state index contributed by atoms with van der Waals surface area (Å²) in [5.74, 6) is -0.558. The number of rotatable bonds is 6. The highest BCUT2D eigenvalue weighted by molar-refractivity contribution is 7.13. The molecule has 3 rings (SSSR count). The first-order chi connectivity index (χ1) is 13.0. The molecule has 2 amide bonds. The van der Waals surface area contributed by atoms with Gasteiger partial charge in [0.25, 0.3) is 0 Å². The Kier molecular flexibility index (Phi) is 6.20. The molecule has 2 aromatic rings. The fourth-order valence-corrected chi connectivity index (χ4v) is 4.02. The number of thiazole rings is 1. The number of ether oxygens (including phenoxy) is 1. The van der Waals surface area contributed by atoms with E-state index in [-0.39, 0.29) is 31.4 Å². The first kappa shape index (κ1) is 19.5. The molecular weight excluding hydrogens is 366 g/mol. The summed E-state index contributed by atoms with van der Waals surface area (Å²) < 4.78 is 4.85. The monoisotopic (exact) mass is 389 g/mol. The van der Waals surface area contributed by atoms with Crippen LogP contribution in [0.25, 0.3) is 10.4 Å². The maximum Gasteiger partial charge on any atom is 0.249 e. The maximum atomic E-state index is 12.5. The molecule has 0 saturated carbocycles. The highest BCUT2D eigenvalue weighted by atomic mass is 32.1. The van der Waals surface area contributed by atoms with Gasteiger partial charge in [-0.05, 0) is 18.1 Å². The Morgan fingerprint density at radius 3 is 2.74 bits per heavy atom. The average molecular weight is 389 g/mol. The fraction of sp³-hybridized carbons (Fsp3) is 0.421. The molecule has 0 radical (unpaired) electrons. The molecule has 2 atom stereocenters. The van der Waals surface area contributed by atoms with Gasteiger partial charge < -0.3 is 20.1 Å². The zero-order valence-electron chi connectivity index (χ0n) is 15.3. The van der Waals surface area contributed by atoms with Gasteiger partial charge in [-0.15, -0.1) is 11.3 Å². The zero-order valence-corrected chi connectivity index (χ0v) is 16.2.